The van der Waals surface area contributed by atoms with E-state index in [1.807, 2.05) is 0 Å². The van der Waals surface area contributed by atoms with Crippen molar-refractivity contribution in [1.29, 1.82) is 0 Å². The topological polar surface area (TPSA) is 89.5 Å². The van der Waals surface area contributed by atoms with Gasteiger partial charge in [0.05, 0.1) is 28.6 Å². The maximum atomic E-state index is 14.0. The van der Waals surface area contributed by atoms with Crippen LogP contribution in [-0.4, -0.2) is 32.7 Å². The highest BCUT2D eigenvalue weighted by molar-refractivity contribution is 7.90. The minimum absolute atomic E-state index is 0.0482. The summed E-state index contributed by atoms with van der Waals surface area (Å²) in [5.41, 5.74) is 1.23. The van der Waals surface area contributed by atoms with Gasteiger partial charge in [0, 0.05) is 15.3 Å². The Morgan fingerprint density at radius 2 is 1.94 bits per heavy atom. The number of fused-ring (bicyclic) bond motifs is 1. The molecule has 0 bridgehead atoms. The molecule has 10 heteroatoms. The quantitative estimate of drug-likeness (QED) is 0.544. The Morgan fingerprint density at radius 1 is 1.16 bits per heavy atom. The van der Waals surface area contributed by atoms with Gasteiger partial charge in [0.15, 0.2) is 9.84 Å². The average molecular weight is 480 g/mol. The van der Waals surface area contributed by atoms with Gasteiger partial charge in [0.2, 0.25) is 0 Å². The van der Waals surface area contributed by atoms with Gasteiger partial charge in [0.1, 0.15) is 10.8 Å². The number of hydrogen-bond donors (Lipinski definition) is 1. The predicted octanol–water partition coefficient (Wildman–Crippen LogP) is 4.52. The molecule has 0 unspecified atom stereocenters. The van der Waals surface area contributed by atoms with Crippen molar-refractivity contribution in [2.24, 2.45) is 0 Å². The fourth-order valence-corrected chi connectivity index (χ4v) is 7.32. The third-order valence-corrected chi connectivity index (χ3v) is 8.78. The Hall–Kier alpha value is -2.56. The number of amides is 1. The molecule has 0 radical (unpaired) electrons. The van der Waals surface area contributed by atoms with Crippen LogP contribution in [-0.2, 0) is 26.7 Å². The number of esters is 1. The largest absolute Gasteiger partial charge is 0.462 e. The van der Waals surface area contributed by atoms with Gasteiger partial charge in [-0.05, 0) is 37.1 Å². The van der Waals surface area contributed by atoms with Crippen LogP contribution in [0.15, 0.2) is 36.4 Å². The van der Waals surface area contributed by atoms with Crippen molar-refractivity contribution >= 4 is 49.4 Å². The highest BCUT2D eigenvalue weighted by Gasteiger charge is 2.32. The molecule has 6 nitrogen and oxygen atoms in total. The van der Waals surface area contributed by atoms with E-state index in [-0.39, 0.29) is 40.9 Å². The molecule has 1 amide bonds. The summed E-state index contributed by atoms with van der Waals surface area (Å²) >= 11 is 2.21. The first-order valence-corrected chi connectivity index (χ1v) is 12.9. The van der Waals surface area contributed by atoms with Crippen LogP contribution in [0.1, 0.15) is 37.4 Å². The second-order valence-electron chi connectivity index (χ2n) is 6.87. The van der Waals surface area contributed by atoms with Crippen molar-refractivity contribution in [1.82, 2.24) is 0 Å². The van der Waals surface area contributed by atoms with Crippen molar-refractivity contribution < 1.29 is 27.1 Å². The Labute approximate surface area is 186 Å². The average Bonchev–Trinajstić information content (AvgIpc) is 3.32. The first-order valence-electron chi connectivity index (χ1n) is 9.47. The molecule has 2 aromatic heterocycles. The second kappa shape index (κ2) is 8.52. The second-order valence-corrected chi connectivity index (χ2v) is 11.2. The fourth-order valence-electron chi connectivity index (χ4n) is 3.36. The Kier molecular flexibility index (Phi) is 5.96. The van der Waals surface area contributed by atoms with E-state index < -0.39 is 21.7 Å². The molecule has 3 heterocycles. The number of halogens is 1. The first kappa shape index (κ1) is 21.7. The van der Waals surface area contributed by atoms with E-state index in [2.05, 4.69) is 5.32 Å². The lowest BCUT2D eigenvalue weighted by Gasteiger charge is -2.13. The molecule has 1 aliphatic heterocycles. The van der Waals surface area contributed by atoms with Gasteiger partial charge in [0.25, 0.3) is 5.91 Å². The van der Waals surface area contributed by atoms with E-state index in [1.54, 1.807) is 37.3 Å². The fraction of sp³-hybridized carbons (Fsp3) is 0.238. The zero-order chi connectivity index (χ0) is 22.2. The van der Waals surface area contributed by atoms with Crippen LogP contribution in [0.5, 0.6) is 0 Å². The van der Waals surface area contributed by atoms with E-state index in [9.17, 15) is 22.4 Å². The van der Waals surface area contributed by atoms with Gasteiger partial charge < -0.3 is 10.1 Å². The van der Waals surface area contributed by atoms with Crippen LogP contribution >= 0.6 is 22.7 Å². The SMILES string of the molecule is CCOC(=O)c1c(NC(=O)c2ccc(-c3ccccc3F)s2)sc2c1CCS(=O)(=O)C2. The van der Waals surface area contributed by atoms with E-state index in [4.69, 9.17) is 4.74 Å². The molecule has 4 rings (SSSR count). The summed E-state index contributed by atoms with van der Waals surface area (Å²) in [6.07, 6.45) is 0.203. The molecule has 0 fully saturated rings. The molecular formula is C21H18FNO5S3. The van der Waals surface area contributed by atoms with Crippen LogP contribution in [0.3, 0.4) is 0 Å². The number of rotatable bonds is 5. The smallest absolute Gasteiger partial charge is 0.341 e. The minimum atomic E-state index is -3.24. The molecule has 0 saturated carbocycles. The maximum Gasteiger partial charge on any atom is 0.341 e. The zero-order valence-electron chi connectivity index (χ0n) is 16.4. The van der Waals surface area contributed by atoms with Crippen LogP contribution < -0.4 is 5.32 Å². The normalized spacial score (nSPS) is 14.6. The molecule has 0 aliphatic carbocycles. The van der Waals surface area contributed by atoms with Gasteiger partial charge in [-0.1, -0.05) is 18.2 Å². The lowest BCUT2D eigenvalue weighted by molar-refractivity contribution is 0.0527. The van der Waals surface area contributed by atoms with Crippen LogP contribution in [0, 0.1) is 5.82 Å². The van der Waals surface area contributed by atoms with E-state index in [0.29, 0.717) is 25.8 Å². The summed E-state index contributed by atoms with van der Waals surface area (Å²) in [5, 5.41) is 3.00. The van der Waals surface area contributed by atoms with Gasteiger partial charge in [-0.2, -0.15) is 0 Å². The van der Waals surface area contributed by atoms with Crippen molar-refractivity contribution in [3.8, 4) is 10.4 Å². The molecule has 1 N–H and O–H groups in total. The number of sulfone groups is 1. The number of benzene rings is 1. The van der Waals surface area contributed by atoms with E-state index >= 15 is 0 Å². The van der Waals surface area contributed by atoms with Gasteiger partial charge >= 0.3 is 5.97 Å². The monoisotopic (exact) mass is 479 g/mol. The van der Waals surface area contributed by atoms with E-state index in [1.165, 1.54) is 6.07 Å². The number of hydrogen-bond acceptors (Lipinski definition) is 7. The lowest BCUT2D eigenvalue weighted by Crippen LogP contribution is -2.20. The molecule has 0 saturated heterocycles. The number of carbonyl (C=O) groups is 2. The number of nitrogens with one attached hydrogen (secondary N) is 1. The highest BCUT2D eigenvalue weighted by atomic mass is 32.2. The van der Waals surface area contributed by atoms with Crippen molar-refractivity contribution in [2.75, 3.05) is 17.7 Å². The van der Waals surface area contributed by atoms with Gasteiger partial charge in [-0.3, -0.25) is 4.79 Å². The molecular weight excluding hydrogens is 461 g/mol. The van der Waals surface area contributed by atoms with Crippen LogP contribution in [0.25, 0.3) is 10.4 Å². The Balaban J connectivity index is 1.65. The molecule has 0 spiro atoms. The zero-order valence-corrected chi connectivity index (χ0v) is 18.9. The Morgan fingerprint density at radius 3 is 2.68 bits per heavy atom. The highest BCUT2D eigenvalue weighted by Crippen LogP contribution is 2.39. The lowest BCUT2D eigenvalue weighted by atomic mass is 10.1. The van der Waals surface area contributed by atoms with Crippen molar-refractivity contribution in [3.05, 3.63) is 63.1 Å². The van der Waals surface area contributed by atoms with Crippen LogP contribution in [0.4, 0.5) is 9.39 Å². The van der Waals surface area contributed by atoms with Gasteiger partial charge in [-0.15, -0.1) is 22.7 Å². The molecule has 1 aliphatic rings. The number of thiophene rings is 2. The summed E-state index contributed by atoms with van der Waals surface area (Å²) in [4.78, 5) is 26.9. The molecule has 31 heavy (non-hydrogen) atoms. The number of anilines is 1. The van der Waals surface area contributed by atoms with E-state index in [0.717, 1.165) is 22.7 Å². The predicted molar refractivity (Wildman–Crippen MR) is 119 cm³/mol. The minimum Gasteiger partial charge on any atom is -0.462 e. The summed E-state index contributed by atoms with van der Waals surface area (Å²) < 4.78 is 43.2. The summed E-state index contributed by atoms with van der Waals surface area (Å²) in [6.45, 7) is 1.83. The summed E-state index contributed by atoms with van der Waals surface area (Å²) in [5.74, 6) is -1.64. The molecule has 3 aromatic rings. The summed E-state index contributed by atoms with van der Waals surface area (Å²) in [7, 11) is -3.24. The van der Waals surface area contributed by atoms with Crippen molar-refractivity contribution in [2.45, 2.75) is 19.1 Å². The van der Waals surface area contributed by atoms with Gasteiger partial charge in [-0.25, -0.2) is 17.6 Å². The van der Waals surface area contributed by atoms with Crippen LogP contribution in [0.2, 0.25) is 0 Å². The number of ether oxygens (including phenoxy) is 1. The van der Waals surface area contributed by atoms with Crippen molar-refractivity contribution in [3.63, 3.8) is 0 Å². The standard InChI is InChI=1S/C21H18FNO5S3/c1-2-28-21(25)18-13-9-10-31(26,27)11-17(13)30-20(18)23-19(24)16-8-7-15(29-16)12-5-3-4-6-14(12)22/h3-8H,2,9-11H2,1H3,(H,23,24). The third-order valence-electron chi connectivity index (χ3n) is 4.78. The third kappa shape index (κ3) is 4.41. The Bertz CT molecular complexity index is 1280. The maximum absolute atomic E-state index is 14.0. The molecule has 1 aromatic carbocycles. The number of carbonyl (C=O) groups excluding carboxylic acids is 2. The molecule has 0 atom stereocenters. The summed E-state index contributed by atoms with van der Waals surface area (Å²) in [6, 6.07) is 9.55. The molecule has 162 valence electrons. The first-order chi connectivity index (χ1) is 14.8.